The van der Waals surface area contributed by atoms with Crippen molar-refractivity contribution in [3.05, 3.63) is 66.3 Å². The number of carbonyl (C=O) groups is 2. The highest BCUT2D eigenvalue weighted by Gasteiger charge is 2.23. The largest absolute Gasteiger partial charge is 0.478 e. The van der Waals surface area contributed by atoms with Crippen molar-refractivity contribution in [3.8, 4) is 0 Å². The fraction of sp³-hybridized carbons (Fsp3) is 0.588. The van der Waals surface area contributed by atoms with Gasteiger partial charge in [0.05, 0.1) is 12.1 Å². The number of amides is 1. The maximum atomic E-state index is 13.3. The van der Waals surface area contributed by atoms with Gasteiger partial charge in [0, 0.05) is 44.3 Å². The third kappa shape index (κ3) is 17.1. The molecule has 1 aromatic rings. The van der Waals surface area contributed by atoms with Gasteiger partial charge in [-0.3, -0.25) is 4.79 Å². The number of unbranched alkanes of at least 4 members (excludes halogenated alkanes) is 2. The summed E-state index contributed by atoms with van der Waals surface area (Å²) in [4.78, 5) is 31.2. The molecule has 0 atom stereocenters. The summed E-state index contributed by atoms with van der Waals surface area (Å²) in [6, 6.07) is 5.28. The molecular weight excluding hydrogens is 534 g/mol. The van der Waals surface area contributed by atoms with E-state index < -0.39 is 5.97 Å². The Morgan fingerprint density at radius 3 is 2.10 bits per heavy atom. The number of alkyl halides is 1. The molecule has 0 saturated carbocycles. The van der Waals surface area contributed by atoms with Crippen LogP contribution in [0.2, 0.25) is 0 Å². The van der Waals surface area contributed by atoms with Gasteiger partial charge in [0.2, 0.25) is 5.91 Å². The SMILES string of the molecule is C=C.CC.CC/C=C(\C=C/CCl)CN(CC(=O)N1CCN(C)CC1)c1cc(C(=O)O)ccc1CCCC.CCCC. The van der Waals surface area contributed by atoms with Crippen molar-refractivity contribution in [3.63, 3.8) is 0 Å². The third-order valence-electron chi connectivity index (χ3n) is 6.42. The number of benzene rings is 1. The first-order valence-corrected chi connectivity index (χ1v) is 15.8. The van der Waals surface area contributed by atoms with Crippen LogP contribution < -0.4 is 4.90 Å². The molecule has 1 fully saturated rings. The zero-order valence-electron chi connectivity index (χ0n) is 27.1. The predicted octanol–water partition coefficient (Wildman–Crippen LogP) is 8.07. The number of anilines is 1. The van der Waals surface area contributed by atoms with Gasteiger partial charge in [-0.1, -0.05) is 85.1 Å². The predicted molar refractivity (Wildman–Crippen MR) is 180 cm³/mol. The molecule has 0 unspecified atom stereocenters. The fourth-order valence-corrected chi connectivity index (χ4v) is 4.07. The van der Waals surface area contributed by atoms with Crippen LogP contribution in [0.5, 0.6) is 0 Å². The molecule has 0 bridgehead atoms. The van der Waals surface area contributed by atoms with Crippen LogP contribution in [0, 0.1) is 0 Å². The standard InChI is InChI=1S/C26H38ClN3O3.C4H10.C2H6.C2H4/c1-4-6-10-22-11-12-23(26(32)33)18-24(22)30(19-21(8-5-2)9-7-13-27)20-25(31)29-16-14-28(3)15-17-29;1-3-4-2;2*1-2/h7-9,11-12,18H,4-6,10,13-17,19-20H2,1-3H3,(H,32,33);3-4H2,1-2H3;1-2H3;1-2H2/b9-7-,21-8+;;;. The summed E-state index contributed by atoms with van der Waals surface area (Å²) in [5.74, 6) is -0.477. The molecule has 1 heterocycles. The van der Waals surface area contributed by atoms with E-state index in [1.54, 1.807) is 12.1 Å². The molecule has 0 radical (unpaired) electrons. The second-order valence-corrected chi connectivity index (χ2v) is 9.84. The Kier molecular flexibility index (Phi) is 26.1. The minimum absolute atomic E-state index is 0.0717. The lowest BCUT2D eigenvalue weighted by atomic mass is 10.0. The number of rotatable bonds is 13. The molecule has 6 nitrogen and oxygen atoms in total. The van der Waals surface area contributed by atoms with Gasteiger partial charge in [-0.25, -0.2) is 4.79 Å². The average Bonchev–Trinajstić information content (AvgIpc) is 3.00. The number of aromatic carboxylic acids is 1. The zero-order chi connectivity index (χ0) is 31.6. The van der Waals surface area contributed by atoms with Gasteiger partial charge >= 0.3 is 5.97 Å². The maximum absolute atomic E-state index is 13.3. The van der Waals surface area contributed by atoms with Crippen LogP contribution >= 0.6 is 11.6 Å². The first-order chi connectivity index (χ1) is 19.8. The van der Waals surface area contributed by atoms with Crippen LogP contribution in [0.4, 0.5) is 5.69 Å². The highest BCUT2D eigenvalue weighted by atomic mass is 35.5. The summed E-state index contributed by atoms with van der Waals surface area (Å²) in [5, 5.41) is 9.62. The lowest BCUT2D eigenvalue weighted by molar-refractivity contribution is -0.131. The second kappa shape index (κ2) is 26.3. The summed E-state index contributed by atoms with van der Waals surface area (Å²) in [6.45, 7) is 22.5. The molecule has 1 aromatic carbocycles. The van der Waals surface area contributed by atoms with Crippen LogP contribution in [0.25, 0.3) is 0 Å². The Hall–Kier alpha value is -2.57. The van der Waals surface area contributed by atoms with Gasteiger partial charge in [0.1, 0.15) is 0 Å². The third-order valence-corrected chi connectivity index (χ3v) is 6.59. The summed E-state index contributed by atoms with van der Waals surface area (Å²) in [7, 11) is 2.07. The molecule has 0 aliphatic carbocycles. The van der Waals surface area contributed by atoms with Gasteiger partial charge in [-0.2, -0.15) is 0 Å². The van der Waals surface area contributed by atoms with Crippen molar-refractivity contribution in [1.82, 2.24) is 9.80 Å². The zero-order valence-corrected chi connectivity index (χ0v) is 27.8. The first kappa shape index (κ1) is 40.6. The van der Waals surface area contributed by atoms with Crippen LogP contribution in [-0.4, -0.2) is 79.0 Å². The van der Waals surface area contributed by atoms with Crippen molar-refractivity contribution < 1.29 is 14.7 Å². The Labute approximate surface area is 256 Å². The monoisotopic (exact) mass is 591 g/mol. The number of carboxylic acid groups (broad SMARTS) is 1. The highest BCUT2D eigenvalue weighted by Crippen LogP contribution is 2.26. The van der Waals surface area contributed by atoms with Crippen molar-refractivity contribution in [2.24, 2.45) is 0 Å². The van der Waals surface area contributed by atoms with Crippen molar-refractivity contribution >= 4 is 29.2 Å². The van der Waals surface area contributed by atoms with Gasteiger partial charge in [-0.05, 0) is 49.6 Å². The molecule has 1 amide bonds. The molecule has 0 aromatic heterocycles. The number of carbonyl (C=O) groups excluding carboxylic acids is 1. The van der Waals surface area contributed by atoms with E-state index >= 15 is 0 Å². The number of hydrogen-bond donors (Lipinski definition) is 1. The number of nitrogens with zero attached hydrogens (tertiary/aromatic N) is 3. The quantitative estimate of drug-likeness (QED) is 0.143. The van der Waals surface area contributed by atoms with Crippen LogP contribution in [0.15, 0.2) is 55.2 Å². The lowest BCUT2D eigenvalue weighted by Gasteiger charge is -2.35. The van der Waals surface area contributed by atoms with Crippen LogP contribution in [0.1, 0.15) is 89.6 Å². The molecule has 7 heteroatoms. The minimum atomic E-state index is -0.963. The van der Waals surface area contributed by atoms with Gasteiger partial charge in [0.15, 0.2) is 0 Å². The molecule has 1 saturated heterocycles. The highest BCUT2D eigenvalue weighted by molar-refractivity contribution is 6.18. The number of likely N-dealkylation sites (N-methyl/N-ethyl adjacent to an activating group) is 1. The van der Waals surface area contributed by atoms with E-state index in [0.29, 0.717) is 25.5 Å². The molecule has 2 rings (SSSR count). The number of halogens is 1. The van der Waals surface area contributed by atoms with Crippen molar-refractivity contribution in [1.29, 1.82) is 0 Å². The van der Waals surface area contributed by atoms with Gasteiger partial charge in [0.25, 0.3) is 0 Å². The molecule has 1 aliphatic heterocycles. The van der Waals surface area contributed by atoms with E-state index in [9.17, 15) is 14.7 Å². The lowest BCUT2D eigenvalue weighted by Crippen LogP contribution is -2.50. The van der Waals surface area contributed by atoms with E-state index in [2.05, 4.69) is 58.9 Å². The number of aryl methyl sites for hydroxylation is 1. The molecule has 41 heavy (non-hydrogen) atoms. The van der Waals surface area contributed by atoms with Gasteiger partial charge < -0.3 is 19.8 Å². The summed E-state index contributed by atoms with van der Waals surface area (Å²) >= 11 is 5.88. The van der Waals surface area contributed by atoms with Crippen LogP contribution in [-0.2, 0) is 11.2 Å². The summed E-state index contributed by atoms with van der Waals surface area (Å²) in [5.41, 5.74) is 3.20. The van der Waals surface area contributed by atoms with Crippen molar-refractivity contribution in [2.75, 3.05) is 57.1 Å². The maximum Gasteiger partial charge on any atom is 0.335 e. The topological polar surface area (TPSA) is 64.1 Å². The smallest absolute Gasteiger partial charge is 0.335 e. The van der Waals surface area contributed by atoms with E-state index in [-0.39, 0.29) is 18.0 Å². The Bertz CT molecular complexity index is 891. The number of piperazine rings is 1. The minimum Gasteiger partial charge on any atom is -0.478 e. The summed E-state index contributed by atoms with van der Waals surface area (Å²) in [6.07, 6.45) is 12.4. The summed E-state index contributed by atoms with van der Waals surface area (Å²) < 4.78 is 0. The van der Waals surface area contributed by atoms with E-state index in [4.69, 9.17) is 11.6 Å². The van der Waals surface area contributed by atoms with E-state index in [1.807, 2.05) is 41.9 Å². The second-order valence-electron chi connectivity index (χ2n) is 9.54. The molecule has 1 aliphatic rings. The Morgan fingerprint density at radius 2 is 1.61 bits per heavy atom. The van der Waals surface area contributed by atoms with E-state index in [0.717, 1.165) is 55.6 Å². The van der Waals surface area contributed by atoms with E-state index in [1.165, 1.54) is 12.8 Å². The first-order valence-electron chi connectivity index (χ1n) is 15.3. The number of hydrogen-bond acceptors (Lipinski definition) is 4. The Balaban J connectivity index is 0. The molecule has 234 valence electrons. The molecule has 1 N–H and O–H groups in total. The Morgan fingerprint density at radius 1 is 1.00 bits per heavy atom. The molecular formula is C34H58ClN3O3. The number of carboxylic acids is 1. The molecule has 0 spiro atoms. The van der Waals surface area contributed by atoms with Gasteiger partial charge in [-0.15, -0.1) is 24.8 Å². The van der Waals surface area contributed by atoms with Crippen LogP contribution in [0.3, 0.4) is 0 Å². The average molecular weight is 592 g/mol. The fourth-order valence-electron chi connectivity index (χ4n) is 3.98. The normalized spacial score (nSPS) is 13.3. The van der Waals surface area contributed by atoms with Crippen molar-refractivity contribution in [2.45, 2.75) is 80.1 Å². The number of allylic oxidation sites excluding steroid dienone is 2.